The second kappa shape index (κ2) is 9.38. The van der Waals surface area contributed by atoms with E-state index in [9.17, 15) is 4.79 Å². The summed E-state index contributed by atoms with van der Waals surface area (Å²) in [5, 5.41) is 6.23. The van der Waals surface area contributed by atoms with Gasteiger partial charge in [-0.05, 0) is 41.8 Å². The molecule has 3 aromatic rings. The Morgan fingerprint density at radius 3 is 2.52 bits per heavy atom. The molecule has 1 heterocycles. The lowest BCUT2D eigenvalue weighted by Gasteiger charge is -2.09. The average molecular weight is 361 g/mol. The van der Waals surface area contributed by atoms with Gasteiger partial charge in [-0.15, -0.1) is 0 Å². The topological polar surface area (TPSA) is 63.2 Å². The third-order valence-electron chi connectivity index (χ3n) is 4.19. The van der Waals surface area contributed by atoms with Gasteiger partial charge in [-0.1, -0.05) is 42.5 Å². The van der Waals surface area contributed by atoms with Crippen LogP contribution in [0.15, 0.2) is 72.9 Å². The second-order valence-electron chi connectivity index (χ2n) is 6.12. The first-order valence-corrected chi connectivity index (χ1v) is 8.89. The fourth-order valence-corrected chi connectivity index (χ4v) is 2.68. The maximum atomic E-state index is 12.4. The molecule has 5 heteroatoms. The number of hydrogen-bond acceptors (Lipinski definition) is 4. The number of carbonyl (C=O) groups excluding carboxylic acids is 1. The number of rotatable bonds is 8. The van der Waals surface area contributed by atoms with Crippen molar-refractivity contribution in [2.75, 3.05) is 19.0 Å². The summed E-state index contributed by atoms with van der Waals surface area (Å²) < 4.78 is 5.13. The van der Waals surface area contributed by atoms with E-state index < -0.39 is 0 Å². The van der Waals surface area contributed by atoms with Crippen molar-refractivity contribution >= 4 is 11.6 Å². The molecular formula is C22H23N3O2. The van der Waals surface area contributed by atoms with Gasteiger partial charge in [-0.3, -0.25) is 9.78 Å². The quantitative estimate of drug-likeness (QED) is 0.642. The molecule has 0 aliphatic rings. The molecule has 2 N–H and O–H groups in total. The fraction of sp³-hybridized carbons (Fsp3) is 0.182. The molecule has 0 atom stereocenters. The molecule has 138 valence electrons. The Labute approximate surface area is 159 Å². The summed E-state index contributed by atoms with van der Waals surface area (Å²) in [6.07, 6.45) is 2.56. The summed E-state index contributed by atoms with van der Waals surface area (Å²) in [5.74, 6) is 0.596. The molecule has 0 radical (unpaired) electrons. The average Bonchev–Trinajstić information content (AvgIpc) is 2.73. The van der Waals surface area contributed by atoms with Gasteiger partial charge in [0.05, 0.1) is 7.11 Å². The van der Waals surface area contributed by atoms with Crippen LogP contribution >= 0.6 is 0 Å². The Kier molecular flexibility index (Phi) is 6.41. The van der Waals surface area contributed by atoms with Crippen molar-refractivity contribution < 1.29 is 9.53 Å². The largest absolute Gasteiger partial charge is 0.497 e. The van der Waals surface area contributed by atoms with Gasteiger partial charge in [0.15, 0.2) is 0 Å². The number of nitrogens with one attached hydrogen (secondary N) is 2. The zero-order chi connectivity index (χ0) is 18.9. The van der Waals surface area contributed by atoms with E-state index in [1.54, 1.807) is 19.4 Å². The van der Waals surface area contributed by atoms with Crippen molar-refractivity contribution in [2.45, 2.75) is 13.0 Å². The van der Waals surface area contributed by atoms with E-state index in [-0.39, 0.29) is 5.91 Å². The van der Waals surface area contributed by atoms with Crippen molar-refractivity contribution in [1.29, 1.82) is 0 Å². The molecule has 3 rings (SSSR count). The molecule has 1 aromatic heterocycles. The number of ether oxygens (including phenoxy) is 1. The van der Waals surface area contributed by atoms with Crippen LogP contribution in [0.4, 0.5) is 5.69 Å². The first-order valence-electron chi connectivity index (χ1n) is 8.89. The molecular weight excluding hydrogens is 338 g/mol. The lowest BCUT2D eigenvalue weighted by atomic mass is 10.1. The fourth-order valence-electron chi connectivity index (χ4n) is 2.68. The minimum Gasteiger partial charge on any atom is -0.497 e. The standard InChI is InChI=1S/C22H23N3O2/c1-27-20-9-7-18(8-10-20)16-25-22(26)21-15-19(12-14-24-21)23-13-11-17-5-3-2-4-6-17/h2-10,12,14-15H,11,13,16H2,1H3,(H,23,24)(H,25,26). The van der Waals surface area contributed by atoms with Crippen LogP contribution in [-0.2, 0) is 13.0 Å². The van der Waals surface area contributed by atoms with Crippen LogP contribution in [0, 0.1) is 0 Å². The number of methoxy groups -OCH3 is 1. The summed E-state index contributed by atoms with van der Waals surface area (Å²) in [7, 11) is 1.63. The highest BCUT2D eigenvalue weighted by Crippen LogP contribution is 2.12. The van der Waals surface area contributed by atoms with Gasteiger partial charge in [0.25, 0.3) is 5.91 Å². The number of benzene rings is 2. The van der Waals surface area contributed by atoms with Crippen molar-refractivity contribution in [2.24, 2.45) is 0 Å². The van der Waals surface area contributed by atoms with Gasteiger partial charge in [0.1, 0.15) is 11.4 Å². The number of hydrogen-bond donors (Lipinski definition) is 2. The SMILES string of the molecule is COc1ccc(CNC(=O)c2cc(NCCc3ccccc3)ccn2)cc1. The molecule has 0 unspecified atom stereocenters. The van der Waals surface area contributed by atoms with Crippen LogP contribution in [0.1, 0.15) is 21.6 Å². The van der Waals surface area contributed by atoms with Crippen LogP contribution in [-0.4, -0.2) is 24.5 Å². The first-order chi connectivity index (χ1) is 13.2. The van der Waals surface area contributed by atoms with Gasteiger partial charge in [0, 0.05) is 25.0 Å². The highest BCUT2D eigenvalue weighted by molar-refractivity contribution is 5.93. The predicted molar refractivity (Wildman–Crippen MR) is 107 cm³/mol. The number of carbonyl (C=O) groups is 1. The number of anilines is 1. The third-order valence-corrected chi connectivity index (χ3v) is 4.19. The predicted octanol–water partition coefficient (Wildman–Crippen LogP) is 3.67. The molecule has 0 fully saturated rings. The molecule has 0 aliphatic heterocycles. The summed E-state index contributed by atoms with van der Waals surface area (Å²) >= 11 is 0. The highest BCUT2D eigenvalue weighted by atomic mass is 16.5. The van der Waals surface area contributed by atoms with Crippen LogP contribution in [0.2, 0.25) is 0 Å². The summed E-state index contributed by atoms with van der Waals surface area (Å²) in [4.78, 5) is 16.5. The van der Waals surface area contributed by atoms with Crippen molar-refractivity contribution in [1.82, 2.24) is 10.3 Å². The van der Waals surface area contributed by atoms with Gasteiger partial charge in [-0.2, -0.15) is 0 Å². The maximum absolute atomic E-state index is 12.4. The van der Waals surface area contributed by atoms with E-state index in [1.165, 1.54) is 5.56 Å². The van der Waals surface area contributed by atoms with E-state index in [0.29, 0.717) is 12.2 Å². The number of pyridine rings is 1. The molecule has 0 aliphatic carbocycles. The molecule has 0 saturated carbocycles. The van der Waals surface area contributed by atoms with Gasteiger partial charge in [0.2, 0.25) is 0 Å². The van der Waals surface area contributed by atoms with E-state index >= 15 is 0 Å². The maximum Gasteiger partial charge on any atom is 0.270 e. The molecule has 2 aromatic carbocycles. The van der Waals surface area contributed by atoms with Crippen LogP contribution < -0.4 is 15.4 Å². The van der Waals surface area contributed by atoms with Gasteiger partial charge in [-0.25, -0.2) is 0 Å². The first kappa shape index (κ1) is 18.5. The normalized spacial score (nSPS) is 10.3. The molecule has 0 bridgehead atoms. The monoisotopic (exact) mass is 361 g/mol. The molecule has 1 amide bonds. The van der Waals surface area contributed by atoms with E-state index in [2.05, 4.69) is 27.8 Å². The highest BCUT2D eigenvalue weighted by Gasteiger charge is 2.08. The second-order valence-corrected chi connectivity index (χ2v) is 6.12. The van der Waals surface area contributed by atoms with Gasteiger partial charge >= 0.3 is 0 Å². The van der Waals surface area contributed by atoms with Crippen molar-refractivity contribution in [3.63, 3.8) is 0 Å². The summed E-state index contributed by atoms with van der Waals surface area (Å²) in [6, 6.07) is 21.5. The number of nitrogens with zero attached hydrogens (tertiary/aromatic N) is 1. The van der Waals surface area contributed by atoms with Crippen LogP contribution in [0.3, 0.4) is 0 Å². The lowest BCUT2D eigenvalue weighted by molar-refractivity contribution is 0.0946. The van der Waals surface area contributed by atoms with E-state index in [4.69, 9.17) is 4.74 Å². The number of amides is 1. The van der Waals surface area contributed by atoms with Crippen molar-refractivity contribution in [3.8, 4) is 5.75 Å². The Morgan fingerprint density at radius 1 is 1.00 bits per heavy atom. The number of aromatic nitrogens is 1. The zero-order valence-electron chi connectivity index (χ0n) is 15.3. The molecule has 5 nitrogen and oxygen atoms in total. The Balaban J connectivity index is 1.51. The summed E-state index contributed by atoms with van der Waals surface area (Å²) in [5.41, 5.74) is 3.56. The van der Waals surface area contributed by atoms with Crippen LogP contribution in [0.25, 0.3) is 0 Å². The smallest absolute Gasteiger partial charge is 0.270 e. The summed E-state index contributed by atoms with van der Waals surface area (Å²) in [6.45, 7) is 1.23. The van der Waals surface area contributed by atoms with Gasteiger partial charge < -0.3 is 15.4 Å². The minimum absolute atomic E-state index is 0.197. The molecule has 27 heavy (non-hydrogen) atoms. The minimum atomic E-state index is -0.197. The Morgan fingerprint density at radius 2 is 1.78 bits per heavy atom. The Bertz CT molecular complexity index is 864. The molecule has 0 saturated heterocycles. The Hall–Kier alpha value is -3.34. The van der Waals surface area contributed by atoms with E-state index in [1.807, 2.05) is 48.5 Å². The molecule has 0 spiro atoms. The van der Waals surface area contributed by atoms with Crippen molar-refractivity contribution in [3.05, 3.63) is 89.7 Å². The van der Waals surface area contributed by atoms with E-state index in [0.717, 1.165) is 30.0 Å². The zero-order valence-corrected chi connectivity index (χ0v) is 15.3. The van der Waals surface area contributed by atoms with Crippen LogP contribution in [0.5, 0.6) is 5.75 Å². The lowest BCUT2D eigenvalue weighted by Crippen LogP contribution is -2.23. The third kappa shape index (κ3) is 5.57.